The van der Waals surface area contributed by atoms with Crippen molar-refractivity contribution in [3.63, 3.8) is 0 Å². The van der Waals surface area contributed by atoms with Gasteiger partial charge in [0.2, 0.25) is 0 Å². The Kier molecular flexibility index (Phi) is 3.13. The number of fused-ring (bicyclic) bond motifs is 3. The highest BCUT2D eigenvalue weighted by atomic mass is 14.9. The number of aromatic nitrogens is 1. The van der Waals surface area contributed by atoms with Gasteiger partial charge in [-0.2, -0.15) is 0 Å². The number of para-hydroxylation sites is 1. The molecule has 2 nitrogen and oxygen atoms in total. The number of benzene rings is 1. The lowest BCUT2D eigenvalue weighted by Crippen LogP contribution is -2.25. The average Bonchev–Trinajstić information content (AvgIpc) is 2.77. The molecule has 1 aliphatic rings. The number of nitrogens with one attached hydrogen (secondary N) is 2. The van der Waals surface area contributed by atoms with Crippen LogP contribution in [0.1, 0.15) is 49.0 Å². The van der Waals surface area contributed by atoms with Crippen LogP contribution in [-0.2, 0) is 6.42 Å². The van der Waals surface area contributed by atoms with Crippen LogP contribution in [0.5, 0.6) is 0 Å². The van der Waals surface area contributed by atoms with E-state index in [1.807, 2.05) is 0 Å². The van der Waals surface area contributed by atoms with Crippen LogP contribution in [0.2, 0.25) is 0 Å². The summed E-state index contributed by atoms with van der Waals surface area (Å²) in [6.07, 6.45) is 4.97. The summed E-state index contributed by atoms with van der Waals surface area (Å²) in [4.78, 5) is 3.65. The number of hydrogen-bond acceptors (Lipinski definition) is 1. The van der Waals surface area contributed by atoms with Crippen molar-refractivity contribution in [1.29, 1.82) is 0 Å². The van der Waals surface area contributed by atoms with Gasteiger partial charge >= 0.3 is 0 Å². The van der Waals surface area contributed by atoms with Gasteiger partial charge in [-0.3, -0.25) is 0 Å². The maximum Gasteiger partial charge on any atom is 0.0489 e. The number of aryl methyl sites for hydroxylation is 2. The lowest BCUT2D eigenvalue weighted by molar-refractivity contribution is 0.461. The van der Waals surface area contributed by atoms with Crippen LogP contribution in [0, 0.1) is 6.92 Å². The quantitative estimate of drug-likeness (QED) is 0.840. The first kappa shape index (κ1) is 11.8. The molecule has 0 saturated heterocycles. The van der Waals surface area contributed by atoms with Crippen LogP contribution < -0.4 is 5.32 Å². The smallest absolute Gasteiger partial charge is 0.0489 e. The van der Waals surface area contributed by atoms with Crippen LogP contribution in [0.25, 0.3) is 10.9 Å². The summed E-state index contributed by atoms with van der Waals surface area (Å²) in [6.45, 7) is 5.54. The highest BCUT2D eigenvalue weighted by Gasteiger charge is 2.24. The van der Waals surface area contributed by atoms with Gasteiger partial charge in [-0.05, 0) is 50.3 Å². The van der Waals surface area contributed by atoms with Crippen molar-refractivity contribution in [2.75, 3.05) is 6.54 Å². The molecule has 2 aromatic rings. The second-order valence-corrected chi connectivity index (χ2v) is 5.41. The minimum atomic E-state index is 0.546. The van der Waals surface area contributed by atoms with Gasteiger partial charge in [-0.25, -0.2) is 0 Å². The van der Waals surface area contributed by atoms with Gasteiger partial charge in [-0.15, -0.1) is 0 Å². The molecule has 0 radical (unpaired) electrons. The first-order valence-corrected chi connectivity index (χ1v) is 7.14. The number of aromatic amines is 1. The van der Waals surface area contributed by atoms with Crippen molar-refractivity contribution in [1.82, 2.24) is 10.3 Å². The summed E-state index contributed by atoms with van der Waals surface area (Å²) < 4.78 is 0. The third kappa shape index (κ3) is 1.85. The predicted octanol–water partition coefficient (Wildman–Crippen LogP) is 3.85. The zero-order valence-electron chi connectivity index (χ0n) is 11.3. The van der Waals surface area contributed by atoms with Gasteiger partial charge in [0.15, 0.2) is 0 Å². The fourth-order valence-corrected chi connectivity index (χ4v) is 3.18. The van der Waals surface area contributed by atoms with E-state index >= 15 is 0 Å². The molecule has 0 amide bonds. The molecule has 0 aliphatic heterocycles. The predicted molar refractivity (Wildman–Crippen MR) is 77.0 cm³/mol. The Hall–Kier alpha value is -1.28. The Bertz CT molecular complexity index is 553. The first-order chi connectivity index (χ1) is 8.81. The molecule has 2 heteroatoms. The second-order valence-electron chi connectivity index (χ2n) is 5.41. The SMILES string of the molecule is CCCNC1CCCc2[nH]c3c(C)cccc3c21. The Morgan fingerprint density at radius 2 is 2.28 bits per heavy atom. The summed E-state index contributed by atoms with van der Waals surface area (Å²) >= 11 is 0. The number of H-pyrrole nitrogens is 1. The minimum absolute atomic E-state index is 0.546. The zero-order valence-corrected chi connectivity index (χ0v) is 11.3. The Balaban J connectivity index is 2.09. The summed E-state index contributed by atoms with van der Waals surface area (Å²) in [7, 11) is 0. The van der Waals surface area contributed by atoms with Crippen molar-refractivity contribution in [3.05, 3.63) is 35.0 Å². The van der Waals surface area contributed by atoms with Crippen molar-refractivity contribution < 1.29 is 0 Å². The first-order valence-electron chi connectivity index (χ1n) is 7.14. The largest absolute Gasteiger partial charge is 0.358 e. The Labute approximate surface area is 109 Å². The van der Waals surface area contributed by atoms with Crippen molar-refractivity contribution in [3.8, 4) is 0 Å². The number of hydrogen-bond donors (Lipinski definition) is 2. The topological polar surface area (TPSA) is 27.8 Å². The number of rotatable bonds is 3. The monoisotopic (exact) mass is 242 g/mol. The normalized spacial score (nSPS) is 19.1. The van der Waals surface area contributed by atoms with Gasteiger partial charge < -0.3 is 10.3 Å². The van der Waals surface area contributed by atoms with E-state index in [9.17, 15) is 0 Å². The fourth-order valence-electron chi connectivity index (χ4n) is 3.18. The van der Waals surface area contributed by atoms with Gasteiger partial charge in [0.1, 0.15) is 0 Å². The van der Waals surface area contributed by atoms with Crippen LogP contribution >= 0.6 is 0 Å². The standard InChI is InChI=1S/C16H22N2/c1-3-10-17-13-8-5-9-14-15(13)12-7-4-6-11(2)16(12)18-14/h4,6-7,13,17-18H,3,5,8-10H2,1-2H3. The minimum Gasteiger partial charge on any atom is -0.358 e. The van der Waals surface area contributed by atoms with E-state index in [4.69, 9.17) is 0 Å². The third-order valence-corrected chi connectivity index (χ3v) is 4.07. The Morgan fingerprint density at radius 1 is 1.39 bits per heavy atom. The molecule has 3 rings (SSSR count). The highest BCUT2D eigenvalue weighted by Crippen LogP contribution is 2.36. The highest BCUT2D eigenvalue weighted by molar-refractivity contribution is 5.88. The van der Waals surface area contributed by atoms with Crippen LogP contribution in [0.3, 0.4) is 0 Å². The maximum atomic E-state index is 3.71. The lowest BCUT2D eigenvalue weighted by Gasteiger charge is -2.24. The Morgan fingerprint density at radius 3 is 3.11 bits per heavy atom. The van der Waals surface area contributed by atoms with E-state index in [0.717, 1.165) is 6.54 Å². The molecular weight excluding hydrogens is 220 g/mol. The molecule has 1 heterocycles. The van der Waals surface area contributed by atoms with E-state index in [0.29, 0.717) is 6.04 Å². The summed E-state index contributed by atoms with van der Waals surface area (Å²) in [5.74, 6) is 0. The van der Waals surface area contributed by atoms with Gasteiger partial charge in [0.25, 0.3) is 0 Å². The molecule has 96 valence electrons. The zero-order chi connectivity index (χ0) is 12.5. The molecule has 2 N–H and O–H groups in total. The van der Waals surface area contributed by atoms with E-state index in [1.54, 1.807) is 0 Å². The van der Waals surface area contributed by atoms with Crippen molar-refractivity contribution >= 4 is 10.9 Å². The maximum absolute atomic E-state index is 3.71. The molecular formula is C16H22N2. The average molecular weight is 242 g/mol. The molecule has 1 aromatic carbocycles. The van der Waals surface area contributed by atoms with Crippen LogP contribution in [0.4, 0.5) is 0 Å². The molecule has 1 unspecified atom stereocenters. The summed E-state index contributed by atoms with van der Waals surface area (Å²) in [5.41, 5.74) is 5.69. The van der Waals surface area contributed by atoms with Crippen molar-refractivity contribution in [2.45, 2.75) is 45.6 Å². The lowest BCUT2D eigenvalue weighted by atomic mass is 9.90. The molecule has 1 atom stereocenters. The molecule has 1 aliphatic carbocycles. The second kappa shape index (κ2) is 4.77. The molecule has 18 heavy (non-hydrogen) atoms. The van der Waals surface area contributed by atoms with Crippen LogP contribution in [0.15, 0.2) is 18.2 Å². The van der Waals surface area contributed by atoms with E-state index in [1.165, 1.54) is 53.4 Å². The van der Waals surface area contributed by atoms with E-state index in [2.05, 4.69) is 42.3 Å². The van der Waals surface area contributed by atoms with Crippen molar-refractivity contribution in [2.24, 2.45) is 0 Å². The summed E-state index contributed by atoms with van der Waals surface area (Å²) in [6, 6.07) is 7.18. The van der Waals surface area contributed by atoms with Gasteiger partial charge in [0.05, 0.1) is 0 Å². The van der Waals surface area contributed by atoms with Gasteiger partial charge in [-0.1, -0.05) is 25.1 Å². The molecule has 0 fully saturated rings. The molecule has 0 bridgehead atoms. The summed E-state index contributed by atoms with van der Waals surface area (Å²) in [5, 5.41) is 5.13. The molecule has 0 spiro atoms. The fraction of sp³-hybridized carbons (Fsp3) is 0.500. The van der Waals surface area contributed by atoms with E-state index < -0.39 is 0 Å². The van der Waals surface area contributed by atoms with Crippen LogP contribution in [-0.4, -0.2) is 11.5 Å². The van der Waals surface area contributed by atoms with Gasteiger partial charge in [0, 0.05) is 22.6 Å². The molecule has 1 aromatic heterocycles. The molecule has 0 saturated carbocycles. The van der Waals surface area contributed by atoms with E-state index in [-0.39, 0.29) is 0 Å². The third-order valence-electron chi connectivity index (χ3n) is 4.07.